The van der Waals surface area contributed by atoms with E-state index in [0.29, 0.717) is 17.6 Å². The third-order valence-corrected chi connectivity index (χ3v) is 2.51. The summed E-state index contributed by atoms with van der Waals surface area (Å²) in [6.45, 7) is 7.45. The molecule has 0 heterocycles. The average molecular weight is 251 g/mol. The van der Waals surface area contributed by atoms with Crippen molar-refractivity contribution in [2.45, 2.75) is 40.5 Å². The van der Waals surface area contributed by atoms with Crippen molar-refractivity contribution >= 4 is 5.91 Å². The van der Waals surface area contributed by atoms with Gasteiger partial charge in [0.25, 0.3) is 0 Å². The van der Waals surface area contributed by atoms with Gasteiger partial charge in [-0.05, 0) is 38.3 Å². The van der Waals surface area contributed by atoms with E-state index in [-0.39, 0.29) is 5.83 Å². The second-order valence-corrected chi connectivity index (χ2v) is 4.01. The molecule has 2 N–H and O–H groups in total. The monoisotopic (exact) mass is 251 g/mol. The van der Waals surface area contributed by atoms with E-state index in [9.17, 15) is 9.18 Å². The number of primary amides is 1. The summed E-state index contributed by atoms with van der Waals surface area (Å²) in [7, 11) is 0. The van der Waals surface area contributed by atoms with Crippen LogP contribution in [0.4, 0.5) is 4.39 Å². The van der Waals surface area contributed by atoms with Gasteiger partial charge in [0.15, 0.2) is 0 Å². The van der Waals surface area contributed by atoms with Crippen LogP contribution >= 0.6 is 0 Å². The van der Waals surface area contributed by atoms with Crippen LogP contribution in [0.25, 0.3) is 0 Å². The summed E-state index contributed by atoms with van der Waals surface area (Å²) < 4.78 is 13.4. The van der Waals surface area contributed by atoms with E-state index >= 15 is 0 Å². The summed E-state index contributed by atoms with van der Waals surface area (Å²) in [6, 6.07) is 0. The number of hydrogen-bond acceptors (Lipinski definition) is 1. The van der Waals surface area contributed by atoms with Crippen LogP contribution in [0.5, 0.6) is 0 Å². The van der Waals surface area contributed by atoms with Crippen LogP contribution in [-0.4, -0.2) is 5.91 Å². The lowest BCUT2D eigenvalue weighted by molar-refractivity contribution is -0.114. The minimum Gasteiger partial charge on any atom is -0.366 e. The maximum absolute atomic E-state index is 13.4. The second kappa shape index (κ2) is 8.45. The third-order valence-electron chi connectivity index (χ3n) is 2.51. The molecule has 0 unspecified atom stereocenters. The Kier molecular flexibility index (Phi) is 7.68. The molecule has 0 aromatic heterocycles. The van der Waals surface area contributed by atoms with E-state index in [4.69, 9.17) is 5.73 Å². The Morgan fingerprint density at radius 3 is 2.28 bits per heavy atom. The summed E-state index contributed by atoms with van der Waals surface area (Å²) in [4.78, 5) is 11.4. The van der Waals surface area contributed by atoms with Gasteiger partial charge in [-0.1, -0.05) is 37.6 Å². The Hall–Kier alpha value is -1.64. The molecule has 100 valence electrons. The molecule has 0 aromatic carbocycles. The summed E-state index contributed by atoms with van der Waals surface area (Å²) >= 11 is 0. The standard InChI is InChI=1S/C15H22FNO/c1-5-8-14(15(17)18)12(9-11(4)6-2)10-13(16)7-3/h7-10H,5-6H2,1-4H3,(H2,17,18)/b11-9+,12-10+,13-7+,14-8+. The van der Waals surface area contributed by atoms with Gasteiger partial charge in [-0.2, -0.15) is 0 Å². The number of hydrogen-bond donors (Lipinski definition) is 1. The van der Waals surface area contributed by atoms with Crippen molar-refractivity contribution in [3.05, 3.63) is 46.9 Å². The van der Waals surface area contributed by atoms with E-state index in [1.165, 1.54) is 12.2 Å². The summed E-state index contributed by atoms with van der Waals surface area (Å²) in [6.07, 6.45) is 7.72. The number of carbonyl (C=O) groups excluding carboxylic acids is 1. The zero-order valence-electron chi connectivity index (χ0n) is 11.6. The smallest absolute Gasteiger partial charge is 0.248 e. The van der Waals surface area contributed by atoms with Crippen molar-refractivity contribution in [3.8, 4) is 0 Å². The number of allylic oxidation sites excluding steroid dienone is 6. The lowest BCUT2D eigenvalue weighted by Crippen LogP contribution is -2.15. The lowest BCUT2D eigenvalue weighted by atomic mass is 10.00. The molecule has 0 atom stereocenters. The molecule has 0 aromatic rings. The SMILES string of the molecule is C\C=C(F)/C=C(\C=C(/C)CC)C(=C\CC)/C(N)=O. The molecule has 2 nitrogen and oxygen atoms in total. The number of carbonyl (C=O) groups is 1. The summed E-state index contributed by atoms with van der Waals surface area (Å²) in [5.41, 5.74) is 7.29. The first-order chi connectivity index (χ1) is 8.46. The van der Waals surface area contributed by atoms with Crippen molar-refractivity contribution in [2.24, 2.45) is 5.73 Å². The highest BCUT2D eigenvalue weighted by Crippen LogP contribution is 2.18. The largest absolute Gasteiger partial charge is 0.366 e. The van der Waals surface area contributed by atoms with Gasteiger partial charge in [-0.15, -0.1) is 0 Å². The molecule has 0 aliphatic carbocycles. The average Bonchev–Trinajstić information content (AvgIpc) is 2.34. The fraction of sp³-hybridized carbons (Fsp3) is 0.400. The molecular formula is C15H22FNO. The highest BCUT2D eigenvalue weighted by atomic mass is 19.1. The van der Waals surface area contributed by atoms with E-state index in [1.54, 1.807) is 19.1 Å². The normalized spacial score (nSPS) is 14.9. The van der Waals surface area contributed by atoms with Gasteiger partial charge >= 0.3 is 0 Å². The Bertz CT molecular complexity index is 414. The minimum absolute atomic E-state index is 0.363. The van der Waals surface area contributed by atoms with Gasteiger partial charge in [0.2, 0.25) is 5.91 Å². The molecule has 0 fully saturated rings. The number of nitrogens with two attached hydrogens (primary N) is 1. The van der Waals surface area contributed by atoms with Gasteiger partial charge in [0.1, 0.15) is 5.83 Å². The quantitative estimate of drug-likeness (QED) is 0.563. The zero-order valence-corrected chi connectivity index (χ0v) is 11.6. The molecule has 0 spiro atoms. The van der Waals surface area contributed by atoms with Crippen LogP contribution in [0.15, 0.2) is 46.9 Å². The fourth-order valence-corrected chi connectivity index (χ4v) is 1.36. The maximum Gasteiger partial charge on any atom is 0.248 e. The molecule has 0 saturated heterocycles. The van der Waals surface area contributed by atoms with Crippen molar-refractivity contribution in [3.63, 3.8) is 0 Å². The molecule has 18 heavy (non-hydrogen) atoms. The first-order valence-corrected chi connectivity index (χ1v) is 6.17. The van der Waals surface area contributed by atoms with Crippen LogP contribution in [0.3, 0.4) is 0 Å². The van der Waals surface area contributed by atoms with E-state index in [2.05, 4.69) is 0 Å². The van der Waals surface area contributed by atoms with Crippen molar-refractivity contribution in [2.75, 3.05) is 0 Å². The van der Waals surface area contributed by atoms with Crippen molar-refractivity contribution < 1.29 is 9.18 Å². The topological polar surface area (TPSA) is 43.1 Å². The molecule has 1 amide bonds. The summed E-state index contributed by atoms with van der Waals surface area (Å²) in [5, 5.41) is 0. The molecule has 0 bridgehead atoms. The molecule has 3 heteroatoms. The van der Waals surface area contributed by atoms with Gasteiger partial charge in [0, 0.05) is 5.57 Å². The Labute approximate surface area is 109 Å². The minimum atomic E-state index is -0.535. The van der Waals surface area contributed by atoms with E-state index in [1.807, 2.05) is 20.8 Å². The van der Waals surface area contributed by atoms with Gasteiger partial charge < -0.3 is 5.73 Å². The molecule has 0 radical (unpaired) electrons. The van der Waals surface area contributed by atoms with Crippen molar-refractivity contribution in [1.82, 2.24) is 0 Å². The highest BCUT2D eigenvalue weighted by Gasteiger charge is 2.09. The molecule has 0 saturated carbocycles. The molecular weight excluding hydrogens is 229 g/mol. The van der Waals surface area contributed by atoms with E-state index < -0.39 is 5.91 Å². The van der Waals surface area contributed by atoms with Gasteiger partial charge in [0.05, 0.1) is 0 Å². The maximum atomic E-state index is 13.4. The molecule has 0 rings (SSSR count). The Balaban J connectivity index is 5.67. The van der Waals surface area contributed by atoms with Crippen LogP contribution in [0.1, 0.15) is 40.5 Å². The van der Waals surface area contributed by atoms with Crippen LogP contribution < -0.4 is 5.73 Å². The highest BCUT2D eigenvalue weighted by molar-refractivity contribution is 5.97. The summed E-state index contributed by atoms with van der Waals surface area (Å²) in [5.74, 6) is -0.916. The first-order valence-electron chi connectivity index (χ1n) is 6.17. The van der Waals surface area contributed by atoms with Crippen LogP contribution in [0.2, 0.25) is 0 Å². The predicted octanol–water partition coefficient (Wildman–Crippen LogP) is 3.96. The predicted molar refractivity (Wildman–Crippen MR) is 74.6 cm³/mol. The van der Waals surface area contributed by atoms with E-state index in [0.717, 1.165) is 12.0 Å². The Morgan fingerprint density at radius 1 is 1.28 bits per heavy atom. The van der Waals surface area contributed by atoms with Gasteiger partial charge in [-0.3, -0.25) is 4.79 Å². The number of amides is 1. The van der Waals surface area contributed by atoms with Gasteiger partial charge in [-0.25, -0.2) is 4.39 Å². The first kappa shape index (κ1) is 16.4. The van der Waals surface area contributed by atoms with Crippen molar-refractivity contribution in [1.29, 1.82) is 0 Å². The Morgan fingerprint density at radius 2 is 1.89 bits per heavy atom. The molecule has 0 aliphatic rings. The molecule has 0 aliphatic heterocycles. The number of halogens is 1. The lowest BCUT2D eigenvalue weighted by Gasteiger charge is -2.06. The zero-order chi connectivity index (χ0) is 14.1. The van der Waals surface area contributed by atoms with Crippen LogP contribution in [0, 0.1) is 0 Å². The fourth-order valence-electron chi connectivity index (χ4n) is 1.36. The third kappa shape index (κ3) is 5.62. The second-order valence-electron chi connectivity index (χ2n) is 4.01. The van der Waals surface area contributed by atoms with Crippen LogP contribution in [-0.2, 0) is 4.79 Å². The number of rotatable bonds is 6.